The number of hydroxylamine groups is 2. The molecule has 2 aliphatic rings. The van der Waals surface area contributed by atoms with Crippen LogP contribution in [-0.4, -0.2) is 86.4 Å². The Kier molecular flexibility index (Phi) is 8.15. The van der Waals surface area contributed by atoms with E-state index in [0.717, 1.165) is 48.7 Å². The second kappa shape index (κ2) is 11.5. The first-order valence-electron chi connectivity index (χ1n) is 12.3. The fourth-order valence-electron chi connectivity index (χ4n) is 4.77. The van der Waals surface area contributed by atoms with Crippen LogP contribution in [0.2, 0.25) is 0 Å². The van der Waals surface area contributed by atoms with Gasteiger partial charge in [0.15, 0.2) is 11.6 Å². The third kappa shape index (κ3) is 6.26. The van der Waals surface area contributed by atoms with Gasteiger partial charge in [0.25, 0.3) is 0 Å². The molecule has 2 fully saturated rings. The summed E-state index contributed by atoms with van der Waals surface area (Å²) in [6.07, 6.45) is 0.345. The quantitative estimate of drug-likeness (QED) is 0.537. The highest BCUT2D eigenvalue weighted by Gasteiger charge is 2.24. The van der Waals surface area contributed by atoms with Crippen molar-refractivity contribution in [3.05, 3.63) is 59.7 Å². The van der Waals surface area contributed by atoms with Crippen LogP contribution >= 0.6 is 0 Å². The molecule has 0 amide bonds. The molecule has 0 N–H and O–H groups in total. The van der Waals surface area contributed by atoms with Crippen molar-refractivity contribution >= 4 is 28.9 Å². The lowest BCUT2D eigenvalue weighted by Gasteiger charge is -2.37. The molecule has 2 aliphatic heterocycles. The van der Waals surface area contributed by atoms with E-state index < -0.39 is 0 Å². The zero-order valence-corrected chi connectivity index (χ0v) is 20.6. The molecule has 2 heterocycles. The van der Waals surface area contributed by atoms with Crippen molar-refractivity contribution in [1.29, 1.82) is 0 Å². The maximum atomic E-state index is 12.5. The van der Waals surface area contributed by atoms with E-state index in [1.54, 1.807) is 18.9 Å². The van der Waals surface area contributed by atoms with Crippen LogP contribution in [0.1, 0.15) is 41.0 Å². The molecule has 4 rings (SSSR count). The van der Waals surface area contributed by atoms with Gasteiger partial charge in [0.2, 0.25) is 0 Å². The summed E-state index contributed by atoms with van der Waals surface area (Å²) in [5, 5.41) is 1.73. The third-order valence-electron chi connectivity index (χ3n) is 6.72. The minimum Gasteiger partial charge on any atom is -0.368 e. The summed E-state index contributed by atoms with van der Waals surface area (Å²) in [5.74, 6) is -0.0834. The first-order valence-corrected chi connectivity index (χ1v) is 12.3. The third-order valence-corrected chi connectivity index (χ3v) is 6.72. The number of rotatable bonds is 8. The van der Waals surface area contributed by atoms with Crippen LogP contribution in [-0.2, 0) is 9.63 Å². The number of ketones is 2. The second-order valence-electron chi connectivity index (χ2n) is 9.10. The standard InChI is InChI=1S/C27H34N4O4/c1-21(32)23-7-3-5-9-25(23)29-15-13-28(14-16-29)12-11-27(34)35-31-19-17-30(18-20-31)26-10-6-4-8-24(26)22(2)33/h3-10H,11-20H2,1-2H3. The first kappa shape index (κ1) is 24.9. The van der Waals surface area contributed by atoms with Crippen molar-refractivity contribution in [1.82, 2.24) is 9.96 Å². The van der Waals surface area contributed by atoms with E-state index >= 15 is 0 Å². The van der Waals surface area contributed by atoms with E-state index in [4.69, 9.17) is 4.84 Å². The predicted octanol–water partition coefficient (Wildman–Crippen LogP) is 2.88. The first-order chi connectivity index (χ1) is 16.9. The zero-order chi connectivity index (χ0) is 24.8. The van der Waals surface area contributed by atoms with Crippen LogP contribution in [0, 0.1) is 0 Å². The predicted molar refractivity (Wildman–Crippen MR) is 136 cm³/mol. The molecule has 0 aliphatic carbocycles. The summed E-state index contributed by atoms with van der Waals surface area (Å²) in [6.45, 7) is 9.77. The smallest absolute Gasteiger partial charge is 0.326 e. The Hall–Kier alpha value is -3.23. The van der Waals surface area contributed by atoms with E-state index in [2.05, 4.69) is 14.7 Å². The van der Waals surface area contributed by atoms with Gasteiger partial charge in [0.05, 0.1) is 19.5 Å². The number of carbonyl (C=O) groups excluding carboxylic acids is 3. The second-order valence-corrected chi connectivity index (χ2v) is 9.10. The Balaban J connectivity index is 1.19. The summed E-state index contributed by atoms with van der Waals surface area (Å²) in [5.41, 5.74) is 3.41. The van der Waals surface area contributed by atoms with Crippen LogP contribution in [0.4, 0.5) is 11.4 Å². The average Bonchev–Trinajstić information content (AvgIpc) is 2.88. The Morgan fingerprint density at radius 2 is 1.14 bits per heavy atom. The molecule has 2 aromatic rings. The van der Waals surface area contributed by atoms with Gasteiger partial charge in [-0.25, -0.2) is 0 Å². The topological polar surface area (TPSA) is 73.4 Å². The molecule has 2 saturated heterocycles. The maximum absolute atomic E-state index is 12.5. The van der Waals surface area contributed by atoms with E-state index in [0.29, 0.717) is 39.1 Å². The molecule has 0 bridgehead atoms. The van der Waals surface area contributed by atoms with E-state index in [9.17, 15) is 14.4 Å². The molecule has 0 spiro atoms. The van der Waals surface area contributed by atoms with Crippen molar-refractivity contribution in [3.8, 4) is 0 Å². The molecule has 0 radical (unpaired) electrons. The zero-order valence-electron chi connectivity index (χ0n) is 20.6. The molecule has 186 valence electrons. The lowest BCUT2D eigenvalue weighted by molar-refractivity contribution is -0.192. The largest absolute Gasteiger partial charge is 0.368 e. The monoisotopic (exact) mass is 478 g/mol. The number of piperazine rings is 2. The van der Waals surface area contributed by atoms with Crippen LogP contribution < -0.4 is 9.80 Å². The maximum Gasteiger partial charge on any atom is 0.326 e. The van der Waals surface area contributed by atoms with Gasteiger partial charge in [0.1, 0.15) is 0 Å². The van der Waals surface area contributed by atoms with Gasteiger partial charge >= 0.3 is 5.97 Å². The van der Waals surface area contributed by atoms with Crippen LogP contribution in [0.5, 0.6) is 0 Å². The van der Waals surface area contributed by atoms with Gasteiger partial charge in [-0.1, -0.05) is 24.3 Å². The van der Waals surface area contributed by atoms with Crippen LogP contribution in [0.3, 0.4) is 0 Å². The molecule has 0 saturated carbocycles. The summed E-state index contributed by atoms with van der Waals surface area (Å²) in [6, 6.07) is 15.4. The molecule has 0 aromatic heterocycles. The van der Waals surface area contributed by atoms with Gasteiger partial charge in [-0.15, -0.1) is 5.06 Å². The SMILES string of the molecule is CC(=O)c1ccccc1N1CCN(CCC(=O)ON2CCN(c3ccccc3C(C)=O)CC2)CC1. The molecule has 2 aromatic carbocycles. The summed E-state index contributed by atoms with van der Waals surface area (Å²) in [7, 11) is 0. The summed E-state index contributed by atoms with van der Waals surface area (Å²) < 4.78 is 0. The highest BCUT2D eigenvalue weighted by atomic mass is 16.7. The van der Waals surface area contributed by atoms with Gasteiger partial charge in [-0.2, -0.15) is 0 Å². The summed E-state index contributed by atoms with van der Waals surface area (Å²) >= 11 is 0. The van der Waals surface area contributed by atoms with E-state index in [-0.39, 0.29) is 17.5 Å². The van der Waals surface area contributed by atoms with Crippen molar-refractivity contribution < 1.29 is 19.2 Å². The van der Waals surface area contributed by atoms with Gasteiger partial charge in [-0.3, -0.25) is 19.3 Å². The molecule has 8 heteroatoms. The number of para-hydroxylation sites is 2. The molecular formula is C27H34N4O4. The molecule has 0 atom stereocenters. The highest BCUT2D eigenvalue weighted by molar-refractivity contribution is 6.00. The number of hydrogen-bond donors (Lipinski definition) is 0. The fourth-order valence-corrected chi connectivity index (χ4v) is 4.77. The van der Waals surface area contributed by atoms with Crippen molar-refractivity contribution in [2.75, 3.05) is 68.7 Å². The molecular weight excluding hydrogens is 444 g/mol. The number of carbonyl (C=O) groups is 3. The average molecular weight is 479 g/mol. The molecule has 8 nitrogen and oxygen atoms in total. The van der Waals surface area contributed by atoms with Gasteiger partial charge < -0.3 is 14.6 Å². The minimum atomic E-state index is -0.216. The van der Waals surface area contributed by atoms with Crippen molar-refractivity contribution in [2.45, 2.75) is 20.3 Å². The van der Waals surface area contributed by atoms with Gasteiger partial charge in [-0.05, 0) is 38.1 Å². The Morgan fingerprint density at radius 1 is 0.686 bits per heavy atom. The number of Topliss-reactive ketones (excluding diaryl/α,β-unsaturated/α-hetero) is 2. The van der Waals surface area contributed by atoms with Crippen LogP contribution in [0.15, 0.2) is 48.5 Å². The number of anilines is 2. The lowest BCUT2D eigenvalue weighted by Crippen LogP contribution is -2.48. The number of nitrogens with zero attached hydrogens (tertiary/aromatic N) is 4. The van der Waals surface area contributed by atoms with Gasteiger partial charge in [0, 0.05) is 68.3 Å². The lowest BCUT2D eigenvalue weighted by atomic mass is 10.1. The van der Waals surface area contributed by atoms with Crippen molar-refractivity contribution in [3.63, 3.8) is 0 Å². The normalized spacial score (nSPS) is 17.3. The Bertz CT molecular complexity index is 1060. The molecule has 35 heavy (non-hydrogen) atoms. The van der Waals surface area contributed by atoms with E-state index in [1.165, 1.54) is 0 Å². The molecule has 0 unspecified atom stereocenters. The van der Waals surface area contributed by atoms with E-state index in [1.807, 2.05) is 48.5 Å². The fraction of sp³-hybridized carbons (Fsp3) is 0.444. The van der Waals surface area contributed by atoms with Crippen molar-refractivity contribution in [2.24, 2.45) is 0 Å². The number of hydrogen-bond acceptors (Lipinski definition) is 8. The number of benzene rings is 2. The highest BCUT2D eigenvalue weighted by Crippen LogP contribution is 2.23. The Labute approximate surface area is 207 Å². The van der Waals surface area contributed by atoms with Crippen LogP contribution in [0.25, 0.3) is 0 Å². The minimum absolute atomic E-state index is 0.0540. The summed E-state index contributed by atoms with van der Waals surface area (Å²) in [4.78, 5) is 48.6. The Morgan fingerprint density at radius 3 is 1.63 bits per heavy atom.